The molecule has 0 saturated heterocycles. The van der Waals surface area contributed by atoms with Crippen LogP contribution in [-0.2, 0) is 0 Å². The first-order chi connectivity index (χ1) is 23.0. The number of rotatable bonds is 2. The molecule has 3 aromatic carbocycles. The Kier molecular flexibility index (Phi) is 7.60. The third-order valence-electron chi connectivity index (χ3n) is 7.41. The highest BCUT2D eigenvalue weighted by Crippen LogP contribution is 2.58. The van der Waals surface area contributed by atoms with Gasteiger partial charge in [-0.1, -0.05) is 12.1 Å². The molecule has 0 radical (unpaired) electrons. The van der Waals surface area contributed by atoms with E-state index in [1.54, 1.807) is 0 Å². The fraction of sp³-hybridized carbons (Fsp3) is 0. The Morgan fingerprint density at radius 3 is 1.58 bits per heavy atom. The van der Waals surface area contributed by atoms with E-state index in [-0.39, 0.29) is 0 Å². The van der Waals surface area contributed by atoms with Crippen LogP contribution in [0.15, 0.2) is 35.7 Å². The van der Waals surface area contributed by atoms with Crippen LogP contribution < -0.4 is 0 Å². The molecule has 0 bridgehead atoms. The Morgan fingerprint density at radius 1 is 0.542 bits per heavy atom. The molecule has 0 aromatic heterocycles. The van der Waals surface area contributed by atoms with Gasteiger partial charge in [0.2, 0.25) is 11.4 Å². The number of allylic oxidation sites excluding steroid dienone is 7. The van der Waals surface area contributed by atoms with Gasteiger partial charge < -0.3 is 0 Å². The first-order valence-electron chi connectivity index (χ1n) is 12.6. The van der Waals surface area contributed by atoms with Crippen LogP contribution in [0.2, 0.25) is 0 Å². The van der Waals surface area contributed by atoms with Gasteiger partial charge in [-0.25, -0.2) is 56.2 Å². The van der Waals surface area contributed by atoms with Crippen molar-refractivity contribution in [2.75, 3.05) is 0 Å². The molecular formula is C34H4F6N8. The summed E-state index contributed by atoms with van der Waals surface area (Å²) in [6, 6.07) is 8.90. The zero-order valence-corrected chi connectivity index (χ0v) is 23.2. The second kappa shape index (κ2) is 11.6. The van der Waals surface area contributed by atoms with Crippen LogP contribution in [-0.4, -0.2) is 0 Å². The summed E-state index contributed by atoms with van der Waals surface area (Å²) in [5.41, 5.74) is -14.9. The highest BCUT2D eigenvalue weighted by atomic mass is 19.2. The zero-order valence-electron chi connectivity index (χ0n) is 23.2. The van der Waals surface area contributed by atoms with Crippen molar-refractivity contribution in [3.8, 4) is 24.3 Å². The van der Waals surface area contributed by atoms with Crippen LogP contribution in [0.25, 0.3) is 52.9 Å². The lowest BCUT2D eigenvalue weighted by Crippen LogP contribution is -2.05. The summed E-state index contributed by atoms with van der Waals surface area (Å²) in [4.78, 5) is 11.9. The van der Waals surface area contributed by atoms with E-state index in [1.165, 1.54) is 24.3 Å². The van der Waals surface area contributed by atoms with E-state index in [0.717, 1.165) is 24.3 Å². The standard InChI is InChI=1S/C34H4F6N8/c1-45-17-8-7-15(30(37)31(17)38)22-24(19(12-44)47-3)26-27(34(22)48-4)32(39)21-16(10-42)20(14-6-5-13(9-41)28(35)29(14)36)23(18(11-43)46-2)25(21)33(26)40/h5-8H/b23-18-,24-19+. The predicted octanol–water partition coefficient (Wildman–Crippen LogP) is 8.50. The summed E-state index contributed by atoms with van der Waals surface area (Å²) >= 11 is 0. The van der Waals surface area contributed by atoms with E-state index in [0.29, 0.717) is 0 Å². The molecule has 3 aromatic rings. The second-order valence-corrected chi connectivity index (χ2v) is 9.49. The largest absolute Gasteiger partial charge is 0.270 e. The molecule has 0 aliphatic heterocycles. The lowest BCUT2D eigenvalue weighted by molar-refractivity contribution is 0.504. The molecule has 2 aliphatic carbocycles. The minimum atomic E-state index is -1.78. The minimum Gasteiger partial charge on any atom is -0.237 e. The van der Waals surface area contributed by atoms with Crippen LogP contribution in [0.4, 0.5) is 32.0 Å². The summed E-state index contributed by atoms with van der Waals surface area (Å²) in [6.07, 6.45) is 0. The van der Waals surface area contributed by atoms with Gasteiger partial charge in [0.15, 0.2) is 23.3 Å². The normalized spacial score (nSPS) is 14.6. The maximum Gasteiger partial charge on any atom is 0.270 e. The lowest BCUT2D eigenvalue weighted by Gasteiger charge is -2.16. The van der Waals surface area contributed by atoms with Gasteiger partial charge in [0.1, 0.15) is 23.8 Å². The van der Waals surface area contributed by atoms with Crippen LogP contribution >= 0.6 is 0 Å². The van der Waals surface area contributed by atoms with E-state index in [4.69, 9.17) is 31.6 Å². The van der Waals surface area contributed by atoms with E-state index >= 15 is 17.6 Å². The molecule has 0 saturated carbocycles. The van der Waals surface area contributed by atoms with Gasteiger partial charge in [0.05, 0.1) is 49.6 Å². The zero-order chi connectivity index (χ0) is 35.2. The monoisotopic (exact) mass is 638 g/mol. The van der Waals surface area contributed by atoms with Gasteiger partial charge in [-0.05, 0) is 23.3 Å². The van der Waals surface area contributed by atoms with Crippen molar-refractivity contribution < 1.29 is 26.3 Å². The first kappa shape index (κ1) is 31.5. The van der Waals surface area contributed by atoms with Crippen molar-refractivity contribution in [2.45, 2.75) is 0 Å². The van der Waals surface area contributed by atoms with Crippen molar-refractivity contribution in [3.63, 3.8) is 0 Å². The summed E-state index contributed by atoms with van der Waals surface area (Å²) in [5.74, 6) is -10.3. The van der Waals surface area contributed by atoms with E-state index < -0.39 is 124 Å². The molecule has 8 nitrogen and oxygen atoms in total. The molecule has 14 heteroatoms. The Balaban J connectivity index is 2.06. The van der Waals surface area contributed by atoms with Crippen molar-refractivity contribution in [2.24, 2.45) is 0 Å². The molecule has 0 atom stereocenters. The fourth-order valence-electron chi connectivity index (χ4n) is 5.51. The van der Waals surface area contributed by atoms with E-state index in [9.17, 15) is 24.6 Å². The van der Waals surface area contributed by atoms with Crippen LogP contribution in [0, 0.1) is 107 Å². The van der Waals surface area contributed by atoms with E-state index in [1.807, 2.05) is 0 Å². The van der Waals surface area contributed by atoms with Crippen molar-refractivity contribution >= 4 is 39.2 Å². The highest BCUT2D eigenvalue weighted by Gasteiger charge is 2.45. The number of nitrogens with zero attached hydrogens (tertiary/aromatic N) is 8. The number of nitriles is 4. The Hall–Kier alpha value is -7.88. The molecule has 0 unspecified atom stereocenters. The van der Waals surface area contributed by atoms with Gasteiger partial charge in [-0.15, -0.1) is 0 Å². The first-order valence-corrected chi connectivity index (χ1v) is 12.6. The number of benzene rings is 3. The smallest absolute Gasteiger partial charge is 0.237 e. The minimum absolute atomic E-state index is 0.780. The third kappa shape index (κ3) is 4.03. The maximum absolute atomic E-state index is 17.1. The van der Waals surface area contributed by atoms with Crippen molar-refractivity contribution in [1.82, 2.24) is 0 Å². The van der Waals surface area contributed by atoms with Gasteiger partial charge in [-0.2, -0.15) is 10.5 Å². The highest BCUT2D eigenvalue weighted by molar-refractivity contribution is 6.29. The van der Waals surface area contributed by atoms with Crippen LogP contribution in [0.5, 0.6) is 0 Å². The molecule has 0 N–H and O–H groups in total. The number of halogens is 6. The number of hydrogen-bond donors (Lipinski definition) is 0. The van der Waals surface area contributed by atoms with Crippen LogP contribution in [0.3, 0.4) is 0 Å². The molecule has 222 valence electrons. The summed E-state index contributed by atoms with van der Waals surface area (Å²) in [7, 11) is 0. The molecule has 48 heavy (non-hydrogen) atoms. The average molecular weight is 638 g/mol. The quantitative estimate of drug-likeness (QED) is 0.159. The Labute approximate surface area is 266 Å². The predicted molar refractivity (Wildman–Crippen MR) is 154 cm³/mol. The number of fused-ring (bicyclic) bond motifs is 2. The van der Waals surface area contributed by atoms with E-state index in [2.05, 4.69) is 19.4 Å². The molecular weight excluding hydrogens is 634 g/mol. The van der Waals surface area contributed by atoms with Gasteiger partial charge in [0.25, 0.3) is 11.4 Å². The second-order valence-electron chi connectivity index (χ2n) is 9.49. The third-order valence-corrected chi connectivity index (χ3v) is 7.41. The van der Waals surface area contributed by atoms with Gasteiger partial charge in [0, 0.05) is 44.5 Å². The molecule has 0 fully saturated rings. The van der Waals surface area contributed by atoms with Crippen molar-refractivity contribution in [3.05, 3.63) is 155 Å². The topological polar surface area (TPSA) is 113 Å². The molecule has 0 heterocycles. The molecule has 5 rings (SSSR count). The Bertz CT molecular complexity index is 2400. The SMILES string of the molecule is [C-]#[N+]C1=C(c2ccc([N+]#[C-])c(F)c2F)/C(=C(/C#N)[N+]#[C-])c2c(F)c3c(c(F)c21)C(C#N)=C(c1ccc(C#N)c(F)c1F)/C3=C(\C#N)[N+]#[C-]. The molecule has 0 spiro atoms. The Morgan fingerprint density at radius 2 is 1.06 bits per heavy atom. The number of hydrogen-bond acceptors (Lipinski definition) is 4. The molecule has 0 amide bonds. The summed E-state index contributed by atoms with van der Waals surface area (Å²) in [5, 5.41) is 38.9. The lowest BCUT2D eigenvalue weighted by atomic mass is 9.89. The maximum atomic E-state index is 17.1. The van der Waals surface area contributed by atoms with Gasteiger partial charge >= 0.3 is 0 Å². The summed E-state index contributed by atoms with van der Waals surface area (Å²) in [6.45, 7) is 29.8. The van der Waals surface area contributed by atoms with Crippen molar-refractivity contribution in [1.29, 1.82) is 21.0 Å². The van der Waals surface area contributed by atoms with Gasteiger partial charge in [-0.3, -0.25) is 0 Å². The fourth-order valence-corrected chi connectivity index (χ4v) is 5.51. The summed E-state index contributed by atoms with van der Waals surface area (Å²) < 4.78 is 94.3. The average Bonchev–Trinajstić information content (AvgIpc) is 3.61. The molecule has 2 aliphatic rings. The van der Waals surface area contributed by atoms with Crippen LogP contribution in [0.1, 0.15) is 38.9 Å².